The number of benzene rings is 4. The third kappa shape index (κ3) is 9.39. The minimum absolute atomic E-state index is 0.0176. The average Bonchev–Trinajstić information content (AvgIpc) is 3.11. The van der Waals surface area contributed by atoms with Crippen LogP contribution in [0, 0.1) is 5.82 Å². The molecule has 11 heteroatoms. The van der Waals surface area contributed by atoms with Crippen molar-refractivity contribution in [1.29, 1.82) is 0 Å². The van der Waals surface area contributed by atoms with Crippen LogP contribution >= 0.6 is 11.6 Å². The van der Waals surface area contributed by atoms with Gasteiger partial charge in [-0.1, -0.05) is 79.4 Å². The number of hydrogen-bond donors (Lipinski definition) is 1. The Balaban J connectivity index is 1.57. The molecule has 0 heterocycles. The molecule has 1 aliphatic rings. The quantitative estimate of drug-likeness (QED) is 0.150. The first kappa shape index (κ1) is 35.9. The standard InChI is InChI=1S/C38H41ClFN3O5S/c1-2-48-33-21-19-32(20-22-33)43(49(46,47)34-23-17-30(40)18-24-34)27-37(44)42(26-29-13-9-10-16-35(29)39)36(25-28-11-5-3-6-12-28)38(45)41-31-14-7-4-8-15-31/h3,5-6,9-13,16-24,31,36H,2,4,7-8,14-15,25-27H2,1H3,(H,41,45)/t36-/m0/s1. The first-order valence-electron chi connectivity index (χ1n) is 16.5. The molecule has 1 aliphatic carbocycles. The summed E-state index contributed by atoms with van der Waals surface area (Å²) < 4.78 is 48.8. The lowest BCUT2D eigenvalue weighted by atomic mass is 9.94. The number of halogens is 2. The van der Waals surface area contributed by atoms with Gasteiger partial charge in [-0.2, -0.15) is 0 Å². The molecule has 4 aromatic rings. The average molecular weight is 706 g/mol. The van der Waals surface area contributed by atoms with Crippen molar-refractivity contribution in [3.05, 3.63) is 125 Å². The van der Waals surface area contributed by atoms with E-state index in [0.717, 1.165) is 66.2 Å². The monoisotopic (exact) mass is 705 g/mol. The van der Waals surface area contributed by atoms with Gasteiger partial charge in [0.15, 0.2) is 0 Å². The fourth-order valence-corrected chi connectivity index (χ4v) is 7.66. The molecule has 1 saturated carbocycles. The summed E-state index contributed by atoms with van der Waals surface area (Å²) in [4.78, 5) is 30.1. The second-order valence-corrected chi connectivity index (χ2v) is 14.3. The summed E-state index contributed by atoms with van der Waals surface area (Å²) in [7, 11) is -4.38. The molecule has 0 bridgehead atoms. The third-order valence-electron chi connectivity index (χ3n) is 8.64. The topological polar surface area (TPSA) is 96.0 Å². The van der Waals surface area contributed by atoms with E-state index in [1.807, 2.05) is 37.3 Å². The van der Waals surface area contributed by atoms with Crippen LogP contribution in [0.2, 0.25) is 5.02 Å². The van der Waals surface area contributed by atoms with Crippen molar-refractivity contribution in [2.24, 2.45) is 0 Å². The molecule has 0 unspecified atom stereocenters. The van der Waals surface area contributed by atoms with Crippen LogP contribution in [-0.2, 0) is 32.6 Å². The van der Waals surface area contributed by atoms with Crippen LogP contribution in [0.1, 0.15) is 50.2 Å². The lowest BCUT2D eigenvalue weighted by Crippen LogP contribution is -2.55. The lowest BCUT2D eigenvalue weighted by Gasteiger charge is -2.35. The van der Waals surface area contributed by atoms with Crippen LogP contribution in [0.3, 0.4) is 0 Å². The van der Waals surface area contributed by atoms with Gasteiger partial charge >= 0.3 is 0 Å². The fourth-order valence-electron chi connectivity index (χ4n) is 6.05. The van der Waals surface area contributed by atoms with Gasteiger partial charge < -0.3 is 15.0 Å². The minimum Gasteiger partial charge on any atom is -0.494 e. The zero-order chi connectivity index (χ0) is 34.8. The van der Waals surface area contributed by atoms with Gasteiger partial charge in [0.2, 0.25) is 11.8 Å². The Morgan fingerprint density at radius 3 is 2.20 bits per heavy atom. The van der Waals surface area contributed by atoms with Crippen LogP contribution in [0.4, 0.5) is 10.1 Å². The summed E-state index contributed by atoms with van der Waals surface area (Å²) in [5.74, 6) is -0.995. The van der Waals surface area contributed by atoms with Crippen LogP contribution in [0.5, 0.6) is 5.75 Å². The van der Waals surface area contributed by atoms with E-state index in [1.54, 1.807) is 48.5 Å². The molecular formula is C38H41ClFN3O5S. The molecule has 5 rings (SSSR count). The maximum Gasteiger partial charge on any atom is 0.264 e. The molecule has 0 radical (unpaired) electrons. The third-order valence-corrected chi connectivity index (χ3v) is 10.8. The SMILES string of the molecule is CCOc1ccc(N(CC(=O)N(Cc2ccccc2Cl)[C@@H](Cc2ccccc2)C(=O)NC2CCCCC2)S(=O)(=O)c2ccc(F)cc2)cc1. The smallest absolute Gasteiger partial charge is 0.264 e. The predicted octanol–water partition coefficient (Wildman–Crippen LogP) is 7.16. The number of sulfonamides is 1. The maximum atomic E-state index is 14.7. The van der Waals surface area contributed by atoms with Crippen LogP contribution in [-0.4, -0.2) is 50.4 Å². The van der Waals surface area contributed by atoms with E-state index in [0.29, 0.717) is 22.9 Å². The molecule has 258 valence electrons. The van der Waals surface area contributed by atoms with Crippen LogP contribution in [0.25, 0.3) is 0 Å². The predicted molar refractivity (Wildman–Crippen MR) is 189 cm³/mol. The Labute approximate surface area is 292 Å². The van der Waals surface area contributed by atoms with E-state index in [9.17, 15) is 22.4 Å². The lowest BCUT2D eigenvalue weighted by molar-refractivity contribution is -0.140. The van der Waals surface area contributed by atoms with Gasteiger partial charge in [0.05, 0.1) is 17.2 Å². The van der Waals surface area contributed by atoms with Gasteiger partial charge in [-0.15, -0.1) is 0 Å². The number of carbonyl (C=O) groups excluding carboxylic acids is 2. The number of carbonyl (C=O) groups is 2. The number of nitrogens with zero attached hydrogens (tertiary/aromatic N) is 2. The molecule has 1 fully saturated rings. The Bertz CT molecular complexity index is 1800. The summed E-state index contributed by atoms with van der Waals surface area (Å²) in [5, 5.41) is 3.60. The van der Waals surface area contributed by atoms with E-state index in [-0.39, 0.29) is 35.5 Å². The zero-order valence-electron chi connectivity index (χ0n) is 27.4. The number of nitrogens with one attached hydrogen (secondary N) is 1. The largest absolute Gasteiger partial charge is 0.494 e. The summed E-state index contributed by atoms with van der Waals surface area (Å²) in [5.41, 5.74) is 1.64. The van der Waals surface area contributed by atoms with E-state index in [4.69, 9.17) is 16.3 Å². The fraction of sp³-hybridized carbons (Fsp3) is 0.316. The molecule has 0 spiro atoms. The number of anilines is 1. The second kappa shape index (κ2) is 16.8. The van der Waals surface area contributed by atoms with Gasteiger partial charge in [-0.05, 0) is 85.5 Å². The van der Waals surface area contributed by atoms with Crippen molar-refractivity contribution in [2.45, 2.75) is 69.0 Å². The van der Waals surface area contributed by atoms with Crippen molar-refractivity contribution >= 4 is 39.1 Å². The Morgan fingerprint density at radius 2 is 1.55 bits per heavy atom. The van der Waals surface area contributed by atoms with Gasteiger partial charge in [0, 0.05) is 24.0 Å². The van der Waals surface area contributed by atoms with Crippen molar-refractivity contribution in [3.63, 3.8) is 0 Å². The number of amides is 2. The summed E-state index contributed by atoms with van der Waals surface area (Å²) in [6.07, 6.45) is 5.03. The zero-order valence-corrected chi connectivity index (χ0v) is 29.0. The van der Waals surface area contributed by atoms with E-state index >= 15 is 0 Å². The Morgan fingerprint density at radius 1 is 0.898 bits per heavy atom. The Kier molecular flexibility index (Phi) is 12.3. The molecule has 1 N–H and O–H groups in total. The van der Waals surface area contributed by atoms with Crippen molar-refractivity contribution in [1.82, 2.24) is 10.2 Å². The van der Waals surface area contributed by atoms with Gasteiger partial charge in [-0.3, -0.25) is 13.9 Å². The molecular weight excluding hydrogens is 665 g/mol. The summed E-state index contributed by atoms with van der Waals surface area (Å²) in [6, 6.07) is 26.2. The summed E-state index contributed by atoms with van der Waals surface area (Å²) in [6.45, 7) is 1.57. The highest BCUT2D eigenvalue weighted by molar-refractivity contribution is 7.92. The minimum atomic E-state index is -4.38. The highest BCUT2D eigenvalue weighted by Crippen LogP contribution is 2.28. The maximum absolute atomic E-state index is 14.7. The van der Waals surface area contributed by atoms with Crippen molar-refractivity contribution in [2.75, 3.05) is 17.5 Å². The highest BCUT2D eigenvalue weighted by Gasteiger charge is 2.35. The van der Waals surface area contributed by atoms with Gasteiger partial charge in [0.25, 0.3) is 10.0 Å². The second-order valence-electron chi connectivity index (χ2n) is 12.1. The van der Waals surface area contributed by atoms with E-state index < -0.39 is 34.3 Å². The molecule has 0 saturated heterocycles. The van der Waals surface area contributed by atoms with Gasteiger partial charge in [-0.25, -0.2) is 12.8 Å². The first-order chi connectivity index (χ1) is 23.7. The van der Waals surface area contributed by atoms with E-state index in [1.165, 1.54) is 4.90 Å². The van der Waals surface area contributed by atoms with Gasteiger partial charge in [0.1, 0.15) is 24.2 Å². The molecule has 2 amide bonds. The molecule has 1 atom stereocenters. The molecule has 8 nitrogen and oxygen atoms in total. The molecule has 0 aromatic heterocycles. The summed E-state index contributed by atoms with van der Waals surface area (Å²) >= 11 is 6.59. The molecule has 49 heavy (non-hydrogen) atoms. The Hall–Kier alpha value is -4.41. The normalized spacial score (nSPS) is 14.1. The van der Waals surface area contributed by atoms with Crippen molar-refractivity contribution < 1.29 is 27.1 Å². The van der Waals surface area contributed by atoms with Crippen LogP contribution < -0.4 is 14.4 Å². The molecule has 4 aromatic carbocycles. The number of rotatable bonds is 14. The van der Waals surface area contributed by atoms with Crippen molar-refractivity contribution in [3.8, 4) is 5.75 Å². The number of hydrogen-bond acceptors (Lipinski definition) is 5. The van der Waals surface area contributed by atoms with E-state index in [2.05, 4.69) is 5.32 Å². The van der Waals surface area contributed by atoms with Crippen LogP contribution in [0.15, 0.2) is 108 Å². The first-order valence-corrected chi connectivity index (χ1v) is 18.4. The highest BCUT2D eigenvalue weighted by atomic mass is 35.5. The molecule has 0 aliphatic heterocycles. The number of ether oxygens (including phenoxy) is 1.